The number of thiophene rings is 1. The molecule has 0 atom stereocenters. The molecule has 0 aliphatic rings. The molecule has 24 heavy (non-hydrogen) atoms. The molecular formula is C16H13N3O2S3. The van der Waals surface area contributed by atoms with Gasteiger partial charge >= 0.3 is 0 Å². The summed E-state index contributed by atoms with van der Waals surface area (Å²) in [6.45, 7) is 2.57. The van der Waals surface area contributed by atoms with E-state index in [9.17, 15) is 4.79 Å². The zero-order chi connectivity index (χ0) is 16.5. The van der Waals surface area contributed by atoms with Crippen LogP contribution in [0.25, 0.3) is 21.0 Å². The number of nitrogens with zero attached hydrogens (tertiary/aromatic N) is 3. The summed E-state index contributed by atoms with van der Waals surface area (Å²) in [5, 5.41) is 5.53. The Morgan fingerprint density at radius 1 is 1.29 bits per heavy atom. The van der Waals surface area contributed by atoms with E-state index in [4.69, 9.17) is 4.42 Å². The van der Waals surface area contributed by atoms with Crippen LogP contribution in [-0.2, 0) is 12.3 Å². The van der Waals surface area contributed by atoms with Gasteiger partial charge in [0, 0.05) is 17.7 Å². The maximum atomic E-state index is 12.5. The van der Waals surface area contributed by atoms with Crippen molar-refractivity contribution in [1.29, 1.82) is 0 Å². The third-order valence-corrected chi connectivity index (χ3v) is 6.29. The molecule has 0 saturated heterocycles. The lowest BCUT2D eigenvalue weighted by Gasteiger charge is -2.08. The fourth-order valence-corrected chi connectivity index (χ4v) is 4.96. The molecule has 4 aromatic rings. The highest BCUT2D eigenvalue weighted by Crippen LogP contribution is 2.28. The van der Waals surface area contributed by atoms with Gasteiger partial charge in [0.25, 0.3) is 5.56 Å². The molecule has 5 nitrogen and oxygen atoms in total. The second kappa shape index (κ2) is 6.54. The second-order valence-corrected chi connectivity index (χ2v) is 7.71. The molecule has 0 saturated carbocycles. The number of thiazole rings is 1. The Labute approximate surface area is 150 Å². The maximum absolute atomic E-state index is 12.5. The van der Waals surface area contributed by atoms with Crippen molar-refractivity contribution in [2.45, 2.75) is 24.4 Å². The van der Waals surface area contributed by atoms with Crippen LogP contribution in [0.5, 0.6) is 0 Å². The zero-order valence-electron chi connectivity index (χ0n) is 12.8. The van der Waals surface area contributed by atoms with Gasteiger partial charge in [0.1, 0.15) is 4.70 Å². The molecule has 0 aliphatic heterocycles. The van der Waals surface area contributed by atoms with Crippen molar-refractivity contribution in [3.63, 3.8) is 0 Å². The van der Waals surface area contributed by atoms with Crippen molar-refractivity contribution in [3.8, 4) is 10.8 Å². The normalized spacial score (nSPS) is 11.4. The van der Waals surface area contributed by atoms with E-state index in [0.29, 0.717) is 12.3 Å². The van der Waals surface area contributed by atoms with Gasteiger partial charge < -0.3 is 4.42 Å². The Kier molecular flexibility index (Phi) is 4.26. The number of thioether (sulfide) groups is 1. The molecule has 4 aromatic heterocycles. The van der Waals surface area contributed by atoms with E-state index in [1.165, 1.54) is 23.1 Å². The van der Waals surface area contributed by atoms with Gasteiger partial charge in [-0.2, -0.15) is 0 Å². The summed E-state index contributed by atoms with van der Waals surface area (Å²) in [6.07, 6.45) is 1.64. The van der Waals surface area contributed by atoms with E-state index in [1.54, 1.807) is 22.2 Å². The summed E-state index contributed by atoms with van der Waals surface area (Å²) >= 11 is 4.53. The SMILES string of the molecule is CCn1c(SCc2csc(-c3ccco3)n2)nc2ccsc2c1=O. The number of aromatic nitrogens is 3. The van der Waals surface area contributed by atoms with Crippen molar-refractivity contribution in [3.05, 3.63) is 51.3 Å². The predicted molar refractivity (Wildman–Crippen MR) is 98.9 cm³/mol. The van der Waals surface area contributed by atoms with Crippen molar-refractivity contribution < 1.29 is 4.42 Å². The van der Waals surface area contributed by atoms with Crippen LogP contribution in [0, 0.1) is 0 Å². The minimum Gasteiger partial charge on any atom is -0.462 e. The van der Waals surface area contributed by atoms with E-state index in [1.807, 2.05) is 35.9 Å². The van der Waals surface area contributed by atoms with E-state index < -0.39 is 0 Å². The molecule has 0 aliphatic carbocycles. The first-order chi connectivity index (χ1) is 11.8. The fourth-order valence-electron chi connectivity index (χ4n) is 2.34. The lowest BCUT2D eigenvalue weighted by atomic mass is 10.4. The summed E-state index contributed by atoms with van der Waals surface area (Å²) < 4.78 is 7.81. The summed E-state index contributed by atoms with van der Waals surface area (Å²) in [4.78, 5) is 21.7. The highest BCUT2D eigenvalue weighted by Gasteiger charge is 2.13. The molecular weight excluding hydrogens is 362 g/mol. The molecule has 0 aromatic carbocycles. The van der Waals surface area contributed by atoms with E-state index in [0.717, 1.165) is 31.8 Å². The number of hydrogen-bond acceptors (Lipinski definition) is 7. The Hall–Kier alpha value is -1.90. The number of hydrogen-bond donors (Lipinski definition) is 0. The van der Waals surface area contributed by atoms with Crippen LogP contribution in [0.4, 0.5) is 0 Å². The van der Waals surface area contributed by atoms with Crippen molar-refractivity contribution in [2.75, 3.05) is 0 Å². The summed E-state index contributed by atoms with van der Waals surface area (Å²) in [7, 11) is 0. The fraction of sp³-hybridized carbons (Fsp3) is 0.188. The van der Waals surface area contributed by atoms with Gasteiger partial charge in [-0.1, -0.05) is 11.8 Å². The van der Waals surface area contributed by atoms with E-state index in [-0.39, 0.29) is 5.56 Å². The van der Waals surface area contributed by atoms with E-state index >= 15 is 0 Å². The molecule has 122 valence electrons. The van der Waals surface area contributed by atoms with Crippen LogP contribution in [0.2, 0.25) is 0 Å². The molecule has 4 rings (SSSR count). The van der Waals surface area contributed by atoms with Gasteiger partial charge in [-0.05, 0) is 30.5 Å². The molecule has 4 heterocycles. The number of furan rings is 1. The first-order valence-corrected chi connectivity index (χ1v) is 10.1. The molecule has 0 amide bonds. The number of fused-ring (bicyclic) bond motifs is 1. The van der Waals surface area contributed by atoms with Gasteiger partial charge in [-0.25, -0.2) is 9.97 Å². The maximum Gasteiger partial charge on any atom is 0.272 e. The topological polar surface area (TPSA) is 60.9 Å². The molecule has 8 heteroatoms. The zero-order valence-corrected chi connectivity index (χ0v) is 15.2. The summed E-state index contributed by atoms with van der Waals surface area (Å²) in [5.41, 5.74) is 1.76. The Morgan fingerprint density at radius 2 is 2.21 bits per heavy atom. The Bertz CT molecular complexity index is 1030. The number of rotatable bonds is 5. The standard InChI is InChI=1S/C16H13N3O2S3/c1-2-19-15(20)13-11(5-7-22-13)18-16(19)24-9-10-8-23-14(17-10)12-4-3-6-21-12/h3-8H,2,9H2,1H3. The minimum atomic E-state index is 0.0366. The molecule has 0 radical (unpaired) electrons. The van der Waals surface area contributed by atoms with Gasteiger partial charge in [-0.15, -0.1) is 22.7 Å². The lowest BCUT2D eigenvalue weighted by molar-refractivity contribution is 0.581. The molecule has 0 N–H and O–H groups in total. The minimum absolute atomic E-state index is 0.0366. The van der Waals surface area contributed by atoms with E-state index in [2.05, 4.69) is 9.97 Å². The van der Waals surface area contributed by atoms with Crippen molar-refractivity contribution in [1.82, 2.24) is 14.5 Å². The first-order valence-electron chi connectivity index (χ1n) is 7.35. The van der Waals surface area contributed by atoms with Crippen LogP contribution < -0.4 is 5.56 Å². The quantitative estimate of drug-likeness (QED) is 0.380. The average Bonchev–Trinajstić information content (AvgIpc) is 3.32. The van der Waals surface area contributed by atoms with Crippen LogP contribution >= 0.6 is 34.4 Å². The van der Waals surface area contributed by atoms with Gasteiger partial charge in [0.2, 0.25) is 0 Å². The Morgan fingerprint density at radius 3 is 3.00 bits per heavy atom. The first kappa shape index (κ1) is 15.6. The Balaban J connectivity index is 1.60. The van der Waals surface area contributed by atoms with Crippen LogP contribution in [0.1, 0.15) is 12.6 Å². The third-order valence-electron chi connectivity index (χ3n) is 3.48. The second-order valence-electron chi connectivity index (χ2n) is 4.99. The predicted octanol–water partition coefficient (Wildman–Crippen LogP) is 4.49. The smallest absolute Gasteiger partial charge is 0.272 e. The molecule has 0 fully saturated rings. The summed E-state index contributed by atoms with van der Waals surface area (Å²) in [6, 6.07) is 5.64. The third kappa shape index (κ3) is 2.81. The van der Waals surface area contributed by atoms with Gasteiger partial charge in [-0.3, -0.25) is 9.36 Å². The van der Waals surface area contributed by atoms with Crippen LogP contribution in [-0.4, -0.2) is 14.5 Å². The highest BCUT2D eigenvalue weighted by molar-refractivity contribution is 7.98. The highest BCUT2D eigenvalue weighted by atomic mass is 32.2. The molecule has 0 spiro atoms. The monoisotopic (exact) mass is 375 g/mol. The average molecular weight is 376 g/mol. The lowest BCUT2D eigenvalue weighted by Crippen LogP contribution is -2.21. The summed E-state index contributed by atoms with van der Waals surface area (Å²) in [5.74, 6) is 1.44. The van der Waals surface area contributed by atoms with Crippen LogP contribution in [0.3, 0.4) is 0 Å². The molecule has 0 bridgehead atoms. The largest absolute Gasteiger partial charge is 0.462 e. The van der Waals surface area contributed by atoms with Gasteiger partial charge in [0.15, 0.2) is 15.9 Å². The van der Waals surface area contributed by atoms with Gasteiger partial charge in [0.05, 0.1) is 17.5 Å². The van der Waals surface area contributed by atoms with Crippen LogP contribution in [0.15, 0.2) is 49.6 Å². The molecule has 0 unspecified atom stereocenters. The van der Waals surface area contributed by atoms with Crippen molar-refractivity contribution >= 4 is 44.7 Å². The van der Waals surface area contributed by atoms with Crippen molar-refractivity contribution in [2.24, 2.45) is 0 Å².